The Hall–Kier alpha value is -1.28. The fourth-order valence-electron chi connectivity index (χ4n) is 2.70. The van der Waals surface area contributed by atoms with Gasteiger partial charge in [0.05, 0.1) is 0 Å². The maximum Gasteiger partial charge on any atom is 0.0482 e. The third-order valence-corrected chi connectivity index (χ3v) is 4.30. The van der Waals surface area contributed by atoms with Crippen LogP contribution in [0.3, 0.4) is 0 Å². The molecule has 0 aliphatic heterocycles. The zero-order valence-electron chi connectivity index (χ0n) is 10.7. The van der Waals surface area contributed by atoms with Crippen LogP contribution in [0, 0.1) is 6.92 Å². The minimum absolute atomic E-state index is 0.156. The van der Waals surface area contributed by atoms with E-state index in [4.69, 9.17) is 5.73 Å². The minimum Gasteiger partial charge on any atom is -0.348 e. The Labute approximate surface area is 102 Å². The molecule has 0 radical (unpaired) electrons. The number of para-hydroxylation sites is 1. The second-order valence-corrected chi connectivity index (χ2v) is 5.50. The zero-order valence-corrected chi connectivity index (χ0v) is 10.7. The van der Waals surface area contributed by atoms with Gasteiger partial charge < -0.3 is 10.3 Å². The highest BCUT2D eigenvalue weighted by atomic mass is 14.9. The van der Waals surface area contributed by atoms with Gasteiger partial charge in [0.25, 0.3) is 0 Å². The van der Waals surface area contributed by atoms with Crippen LogP contribution in [0.4, 0.5) is 0 Å². The first-order valence-corrected chi connectivity index (χ1v) is 6.42. The first kappa shape index (κ1) is 10.8. The lowest BCUT2D eigenvalue weighted by Gasteiger charge is -2.08. The molecule has 3 rings (SSSR count). The monoisotopic (exact) mass is 228 g/mol. The molecule has 0 unspecified atom stereocenters. The molecule has 2 nitrogen and oxygen atoms in total. The average Bonchev–Trinajstić information content (AvgIpc) is 3.01. The molecule has 2 aromatic rings. The van der Waals surface area contributed by atoms with Crippen molar-refractivity contribution in [2.45, 2.75) is 38.1 Å². The SMILES string of the molecule is Cc1c(CCC2(N)CC2)c2ccccc2n1C. The fourth-order valence-corrected chi connectivity index (χ4v) is 2.70. The van der Waals surface area contributed by atoms with Crippen LogP contribution < -0.4 is 5.73 Å². The van der Waals surface area contributed by atoms with Gasteiger partial charge in [-0.1, -0.05) is 18.2 Å². The summed E-state index contributed by atoms with van der Waals surface area (Å²) in [6, 6.07) is 8.66. The molecule has 1 aliphatic rings. The summed E-state index contributed by atoms with van der Waals surface area (Å²) >= 11 is 0. The van der Waals surface area contributed by atoms with E-state index in [1.54, 1.807) is 0 Å². The van der Waals surface area contributed by atoms with E-state index in [0.29, 0.717) is 0 Å². The molecule has 1 aliphatic carbocycles. The molecular weight excluding hydrogens is 208 g/mol. The third kappa shape index (κ3) is 1.77. The summed E-state index contributed by atoms with van der Waals surface area (Å²) in [5.41, 5.74) is 10.6. The Kier molecular flexibility index (Phi) is 2.30. The van der Waals surface area contributed by atoms with Gasteiger partial charge >= 0.3 is 0 Å². The Bertz CT molecular complexity index is 562. The molecule has 1 saturated carbocycles. The molecule has 1 fully saturated rings. The number of aromatic nitrogens is 1. The summed E-state index contributed by atoms with van der Waals surface area (Å²) < 4.78 is 2.29. The van der Waals surface area contributed by atoms with E-state index < -0.39 is 0 Å². The minimum atomic E-state index is 0.156. The van der Waals surface area contributed by atoms with Crippen molar-refractivity contribution in [3.63, 3.8) is 0 Å². The van der Waals surface area contributed by atoms with E-state index in [9.17, 15) is 0 Å². The number of hydrogen-bond acceptors (Lipinski definition) is 1. The Balaban J connectivity index is 1.99. The second-order valence-electron chi connectivity index (χ2n) is 5.50. The number of nitrogens with zero attached hydrogens (tertiary/aromatic N) is 1. The van der Waals surface area contributed by atoms with Crippen molar-refractivity contribution in [1.29, 1.82) is 0 Å². The van der Waals surface area contributed by atoms with Crippen LogP contribution in [0.1, 0.15) is 30.5 Å². The van der Waals surface area contributed by atoms with Crippen LogP contribution in [0.15, 0.2) is 24.3 Å². The summed E-state index contributed by atoms with van der Waals surface area (Å²) in [6.07, 6.45) is 4.65. The van der Waals surface area contributed by atoms with Crippen molar-refractivity contribution < 1.29 is 0 Å². The molecule has 0 saturated heterocycles. The molecule has 1 aromatic heterocycles. The lowest BCUT2D eigenvalue weighted by Crippen LogP contribution is -2.22. The van der Waals surface area contributed by atoms with E-state index in [1.807, 2.05) is 0 Å². The topological polar surface area (TPSA) is 30.9 Å². The quantitative estimate of drug-likeness (QED) is 0.860. The van der Waals surface area contributed by atoms with Gasteiger partial charge in [0, 0.05) is 29.2 Å². The molecule has 1 aromatic carbocycles. The lowest BCUT2D eigenvalue weighted by molar-refractivity contribution is 0.608. The van der Waals surface area contributed by atoms with Gasteiger partial charge in [-0.25, -0.2) is 0 Å². The van der Waals surface area contributed by atoms with E-state index in [0.717, 1.165) is 12.8 Å². The highest BCUT2D eigenvalue weighted by Gasteiger charge is 2.37. The predicted octanol–water partition coefficient (Wildman–Crippen LogP) is 2.91. The summed E-state index contributed by atoms with van der Waals surface area (Å²) in [4.78, 5) is 0. The van der Waals surface area contributed by atoms with E-state index in [1.165, 1.54) is 35.0 Å². The van der Waals surface area contributed by atoms with Crippen LogP contribution >= 0.6 is 0 Å². The van der Waals surface area contributed by atoms with Gasteiger partial charge in [-0.2, -0.15) is 0 Å². The normalized spacial score (nSPS) is 17.6. The summed E-state index contributed by atoms with van der Waals surface area (Å²) in [5, 5.41) is 1.40. The number of rotatable bonds is 3. The largest absolute Gasteiger partial charge is 0.348 e. The van der Waals surface area contributed by atoms with Gasteiger partial charge in [-0.15, -0.1) is 0 Å². The molecule has 0 atom stereocenters. The average molecular weight is 228 g/mol. The van der Waals surface area contributed by atoms with Gasteiger partial charge in [0.1, 0.15) is 0 Å². The first-order valence-electron chi connectivity index (χ1n) is 6.42. The van der Waals surface area contributed by atoms with Crippen molar-refractivity contribution >= 4 is 10.9 Å². The molecule has 90 valence electrons. The molecule has 1 heterocycles. The van der Waals surface area contributed by atoms with E-state index >= 15 is 0 Å². The molecule has 2 N–H and O–H groups in total. The smallest absolute Gasteiger partial charge is 0.0482 e. The van der Waals surface area contributed by atoms with Gasteiger partial charge in [-0.3, -0.25) is 0 Å². The highest BCUT2D eigenvalue weighted by molar-refractivity contribution is 5.85. The highest BCUT2D eigenvalue weighted by Crippen LogP contribution is 2.38. The molecule has 17 heavy (non-hydrogen) atoms. The summed E-state index contributed by atoms with van der Waals surface area (Å²) in [7, 11) is 2.15. The van der Waals surface area contributed by atoms with Crippen LogP contribution in [0.2, 0.25) is 0 Å². The number of aryl methyl sites for hydroxylation is 2. The first-order chi connectivity index (χ1) is 8.11. The molecule has 0 bridgehead atoms. The van der Waals surface area contributed by atoms with Gasteiger partial charge in [0.15, 0.2) is 0 Å². The summed E-state index contributed by atoms with van der Waals surface area (Å²) in [6.45, 7) is 2.21. The van der Waals surface area contributed by atoms with Gasteiger partial charge in [0.2, 0.25) is 0 Å². The van der Waals surface area contributed by atoms with Crippen LogP contribution in [-0.4, -0.2) is 10.1 Å². The second kappa shape index (κ2) is 3.61. The number of benzene rings is 1. The maximum absolute atomic E-state index is 6.19. The van der Waals surface area contributed by atoms with Gasteiger partial charge in [-0.05, 0) is 44.2 Å². The Morgan fingerprint density at radius 1 is 1.29 bits per heavy atom. The number of hydrogen-bond donors (Lipinski definition) is 1. The van der Waals surface area contributed by atoms with Crippen molar-refractivity contribution in [2.75, 3.05) is 0 Å². The van der Waals surface area contributed by atoms with Crippen molar-refractivity contribution in [3.05, 3.63) is 35.5 Å². The van der Waals surface area contributed by atoms with Crippen molar-refractivity contribution in [2.24, 2.45) is 12.8 Å². The van der Waals surface area contributed by atoms with Crippen molar-refractivity contribution in [3.8, 4) is 0 Å². The van der Waals surface area contributed by atoms with E-state index in [-0.39, 0.29) is 5.54 Å². The zero-order chi connectivity index (χ0) is 12.0. The van der Waals surface area contributed by atoms with Crippen LogP contribution in [0.25, 0.3) is 10.9 Å². The van der Waals surface area contributed by atoms with Crippen LogP contribution in [-0.2, 0) is 13.5 Å². The third-order valence-electron chi connectivity index (χ3n) is 4.30. The molecule has 2 heteroatoms. The predicted molar refractivity (Wildman–Crippen MR) is 72.1 cm³/mol. The Morgan fingerprint density at radius 2 is 2.00 bits per heavy atom. The Morgan fingerprint density at radius 3 is 2.71 bits per heavy atom. The van der Waals surface area contributed by atoms with E-state index in [2.05, 4.69) is 42.8 Å². The number of fused-ring (bicyclic) bond motifs is 1. The fraction of sp³-hybridized carbons (Fsp3) is 0.467. The lowest BCUT2D eigenvalue weighted by atomic mass is 10.0. The van der Waals surface area contributed by atoms with Crippen molar-refractivity contribution in [1.82, 2.24) is 4.57 Å². The number of nitrogens with two attached hydrogens (primary N) is 1. The standard InChI is InChI=1S/C15H20N2/c1-11-12(7-8-15(16)9-10-15)13-5-3-4-6-14(13)17(11)2/h3-6H,7-10,16H2,1-2H3. The summed E-state index contributed by atoms with van der Waals surface area (Å²) in [5.74, 6) is 0. The molecular formula is C15H20N2. The van der Waals surface area contributed by atoms with Crippen LogP contribution in [0.5, 0.6) is 0 Å². The molecule has 0 spiro atoms. The maximum atomic E-state index is 6.19. The molecule has 0 amide bonds.